The van der Waals surface area contributed by atoms with E-state index in [-0.39, 0.29) is 0 Å². The van der Waals surface area contributed by atoms with Crippen molar-refractivity contribution in [2.24, 2.45) is 5.84 Å². The lowest BCUT2D eigenvalue weighted by Gasteiger charge is -2.20. The molecule has 9 heavy (non-hydrogen) atoms. The lowest BCUT2D eigenvalue weighted by molar-refractivity contribution is 0.231. The average molecular weight is 128 g/mol. The maximum absolute atomic E-state index is 5.48. The normalized spacial score (nSPS) is 19.3. The molecule has 0 aliphatic carbocycles. The van der Waals surface area contributed by atoms with Crippen molar-refractivity contribution >= 4 is 0 Å². The highest BCUT2D eigenvalue weighted by atomic mass is 16.5. The van der Waals surface area contributed by atoms with E-state index in [0.29, 0.717) is 0 Å². The first-order valence-electron chi connectivity index (χ1n) is 3.09. The van der Waals surface area contributed by atoms with Crippen LogP contribution < -0.4 is 5.84 Å². The molecule has 3 heteroatoms. The van der Waals surface area contributed by atoms with Crippen LogP contribution >= 0.6 is 0 Å². The van der Waals surface area contributed by atoms with E-state index in [2.05, 4.69) is 0 Å². The number of ether oxygens (including phenoxy) is 1. The first-order chi connectivity index (χ1) is 4.33. The fourth-order valence-corrected chi connectivity index (χ4v) is 0.905. The number of nitrogens with zero attached hydrogens (tertiary/aromatic N) is 1. The third-order valence-corrected chi connectivity index (χ3v) is 1.41. The molecule has 0 unspecified atom stereocenters. The highest BCUT2D eigenvalue weighted by molar-refractivity contribution is 4.94. The van der Waals surface area contributed by atoms with Gasteiger partial charge in [0.2, 0.25) is 0 Å². The monoisotopic (exact) mass is 128 g/mol. The molecule has 0 aromatic rings. The second-order valence-electron chi connectivity index (χ2n) is 2.14. The van der Waals surface area contributed by atoms with Crippen LogP contribution in [-0.4, -0.2) is 18.7 Å². The first-order valence-corrected chi connectivity index (χ1v) is 3.09. The van der Waals surface area contributed by atoms with Crippen molar-refractivity contribution in [1.29, 1.82) is 0 Å². The van der Waals surface area contributed by atoms with Gasteiger partial charge in [0.25, 0.3) is 0 Å². The lowest BCUT2D eigenvalue weighted by Crippen LogP contribution is -2.29. The number of rotatable bonds is 1. The number of hydrazine groups is 1. The second kappa shape index (κ2) is 2.73. The summed E-state index contributed by atoms with van der Waals surface area (Å²) in [5.41, 5.74) is 0. The van der Waals surface area contributed by atoms with Gasteiger partial charge in [-0.15, -0.1) is 0 Å². The molecule has 1 aliphatic rings. The van der Waals surface area contributed by atoms with Gasteiger partial charge in [-0.25, -0.2) is 5.84 Å². The van der Waals surface area contributed by atoms with E-state index in [1.807, 2.05) is 6.20 Å². The van der Waals surface area contributed by atoms with Gasteiger partial charge < -0.3 is 9.75 Å². The minimum atomic E-state index is 0.937. The van der Waals surface area contributed by atoms with Crippen LogP contribution in [0.2, 0.25) is 0 Å². The quantitative estimate of drug-likeness (QED) is 0.521. The molecule has 2 N–H and O–H groups in total. The van der Waals surface area contributed by atoms with Crippen molar-refractivity contribution in [2.45, 2.75) is 12.8 Å². The zero-order chi connectivity index (χ0) is 6.69. The third-order valence-electron chi connectivity index (χ3n) is 1.41. The highest BCUT2D eigenvalue weighted by Crippen LogP contribution is 2.11. The summed E-state index contributed by atoms with van der Waals surface area (Å²) in [6.45, 7) is 0.937. The Labute approximate surface area is 55.1 Å². The van der Waals surface area contributed by atoms with Crippen LogP contribution in [0.1, 0.15) is 12.8 Å². The zero-order valence-electron chi connectivity index (χ0n) is 5.63. The van der Waals surface area contributed by atoms with Crippen LogP contribution in [0, 0.1) is 0 Å². The van der Waals surface area contributed by atoms with Crippen molar-refractivity contribution < 1.29 is 4.74 Å². The van der Waals surface area contributed by atoms with Crippen molar-refractivity contribution in [3.05, 3.63) is 12.0 Å². The number of methoxy groups -OCH3 is 1. The Morgan fingerprint density at radius 2 is 2.56 bits per heavy atom. The third kappa shape index (κ3) is 1.61. The minimum Gasteiger partial charge on any atom is -0.500 e. The highest BCUT2D eigenvalue weighted by Gasteiger charge is 2.05. The molecule has 0 fully saturated rings. The number of allylic oxidation sites excluding steroid dienone is 1. The van der Waals surface area contributed by atoms with E-state index < -0.39 is 0 Å². The standard InChI is InChI=1S/C6H12N2O/c1-9-6-3-2-4-8(7)5-6/h5H,2-4,7H2,1H3. The largest absolute Gasteiger partial charge is 0.500 e. The molecular formula is C6H12N2O. The molecule has 1 rings (SSSR count). The minimum absolute atomic E-state index is 0.937. The Balaban J connectivity index is 2.49. The lowest BCUT2D eigenvalue weighted by atomic mass is 10.2. The predicted molar refractivity (Wildman–Crippen MR) is 35.2 cm³/mol. The fourth-order valence-electron chi connectivity index (χ4n) is 0.905. The summed E-state index contributed by atoms with van der Waals surface area (Å²) in [4.78, 5) is 0. The summed E-state index contributed by atoms with van der Waals surface area (Å²) in [6.07, 6.45) is 3.95. The van der Waals surface area contributed by atoms with Gasteiger partial charge in [-0.1, -0.05) is 0 Å². The van der Waals surface area contributed by atoms with Crippen LogP contribution in [-0.2, 0) is 4.74 Å². The Kier molecular flexibility index (Phi) is 1.95. The molecular weight excluding hydrogens is 116 g/mol. The molecule has 0 saturated carbocycles. The molecule has 52 valence electrons. The van der Waals surface area contributed by atoms with Crippen LogP contribution in [0.4, 0.5) is 0 Å². The molecule has 1 heterocycles. The van der Waals surface area contributed by atoms with Crippen LogP contribution in [0.15, 0.2) is 12.0 Å². The molecule has 0 aromatic carbocycles. The summed E-state index contributed by atoms with van der Waals surface area (Å²) in [7, 11) is 1.67. The van der Waals surface area contributed by atoms with Crippen molar-refractivity contribution in [1.82, 2.24) is 5.01 Å². The van der Waals surface area contributed by atoms with Crippen molar-refractivity contribution in [2.75, 3.05) is 13.7 Å². The van der Waals surface area contributed by atoms with E-state index in [0.717, 1.165) is 25.1 Å². The molecule has 0 radical (unpaired) electrons. The smallest absolute Gasteiger partial charge is 0.113 e. The van der Waals surface area contributed by atoms with Gasteiger partial charge in [0, 0.05) is 13.0 Å². The van der Waals surface area contributed by atoms with Gasteiger partial charge in [-0.2, -0.15) is 0 Å². The Morgan fingerprint density at radius 3 is 3.00 bits per heavy atom. The van der Waals surface area contributed by atoms with E-state index >= 15 is 0 Å². The van der Waals surface area contributed by atoms with Gasteiger partial charge >= 0.3 is 0 Å². The molecule has 0 spiro atoms. The topological polar surface area (TPSA) is 38.5 Å². The van der Waals surface area contributed by atoms with E-state index in [9.17, 15) is 0 Å². The molecule has 3 nitrogen and oxygen atoms in total. The molecule has 0 bridgehead atoms. The number of nitrogens with two attached hydrogens (primary N) is 1. The van der Waals surface area contributed by atoms with Gasteiger partial charge in [0.1, 0.15) is 5.76 Å². The summed E-state index contributed by atoms with van der Waals surface area (Å²) < 4.78 is 5.00. The molecule has 0 amide bonds. The molecule has 0 saturated heterocycles. The van der Waals surface area contributed by atoms with Crippen LogP contribution in [0.5, 0.6) is 0 Å². The van der Waals surface area contributed by atoms with E-state index in [4.69, 9.17) is 10.6 Å². The predicted octanol–water partition coefficient (Wildman–Crippen LogP) is 0.444. The van der Waals surface area contributed by atoms with Gasteiger partial charge in [0.05, 0.1) is 13.3 Å². The van der Waals surface area contributed by atoms with E-state index in [1.165, 1.54) is 0 Å². The summed E-state index contributed by atoms with van der Waals surface area (Å²) in [6, 6.07) is 0. The summed E-state index contributed by atoms with van der Waals surface area (Å²) in [5, 5.41) is 1.66. The SMILES string of the molecule is COC1=CN(N)CCC1. The number of hydrogen-bond acceptors (Lipinski definition) is 3. The van der Waals surface area contributed by atoms with Crippen LogP contribution in [0.25, 0.3) is 0 Å². The maximum Gasteiger partial charge on any atom is 0.113 e. The van der Waals surface area contributed by atoms with Gasteiger partial charge in [0.15, 0.2) is 0 Å². The molecule has 0 atom stereocenters. The van der Waals surface area contributed by atoms with Gasteiger partial charge in [-0.05, 0) is 6.42 Å². The fraction of sp³-hybridized carbons (Fsp3) is 0.667. The maximum atomic E-state index is 5.48. The summed E-state index contributed by atoms with van der Waals surface area (Å²) >= 11 is 0. The first kappa shape index (κ1) is 6.42. The van der Waals surface area contributed by atoms with E-state index in [1.54, 1.807) is 12.1 Å². The Bertz CT molecular complexity index is 122. The Hall–Kier alpha value is -0.700. The number of hydrogen-bond donors (Lipinski definition) is 1. The van der Waals surface area contributed by atoms with Gasteiger partial charge in [-0.3, -0.25) is 0 Å². The second-order valence-corrected chi connectivity index (χ2v) is 2.14. The Morgan fingerprint density at radius 1 is 1.78 bits per heavy atom. The zero-order valence-corrected chi connectivity index (χ0v) is 5.63. The van der Waals surface area contributed by atoms with Crippen LogP contribution in [0.3, 0.4) is 0 Å². The van der Waals surface area contributed by atoms with Crippen molar-refractivity contribution in [3.8, 4) is 0 Å². The summed E-state index contributed by atoms with van der Waals surface area (Å²) in [5.74, 6) is 6.45. The van der Waals surface area contributed by atoms with Crippen molar-refractivity contribution in [3.63, 3.8) is 0 Å². The molecule has 1 aliphatic heterocycles. The molecule has 0 aromatic heterocycles. The average Bonchev–Trinajstić information content (AvgIpc) is 1.88.